The molecule has 1 unspecified atom stereocenters. The third-order valence-corrected chi connectivity index (χ3v) is 6.74. The Morgan fingerprint density at radius 3 is 2.08 bits per heavy atom. The molecule has 1 aliphatic carbocycles. The number of fused-ring (bicyclic) bond motifs is 3. The smallest absolute Gasteiger partial charge is 0.407 e. The van der Waals surface area contributed by atoms with E-state index in [1.54, 1.807) is 6.92 Å². The van der Waals surface area contributed by atoms with Crippen LogP contribution in [-0.2, 0) is 20.9 Å². The van der Waals surface area contributed by atoms with Crippen molar-refractivity contribution in [2.24, 2.45) is 0 Å². The molecule has 8 heteroatoms. The molecule has 3 aromatic carbocycles. The van der Waals surface area contributed by atoms with Gasteiger partial charge in [-0.15, -0.1) is 0 Å². The predicted molar refractivity (Wildman–Crippen MR) is 145 cm³/mol. The van der Waals surface area contributed by atoms with Crippen LogP contribution in [0.4, 0.5) is 4.79 Å². The van der Waals surface area contributed by atoms with Crippen LogP contribution in [0.2, 0.25) is 0 Å². The molecule has 38 heavy (non-hydrogen) atoms. The van der Waals surface area contributed by atoms with E-state index < -0.39 is 30.6 Å². The fourth-order valence-corrected chi connectivity index (χ4v) is 4.97. The van der Waals surface area contributed by atoms with Crippen molar-refractivity contribution in [3.63, 3.8) is 0 Å². The molecule has 1 atom stereocenters. The van der Waals surface area contributed by atoms with Crippen LogP contribution in [0.15, 0.2) is 78.9 Å². The van der Waals surface area contributed by atoms with Crippen LogP contribution in [0.3, 0.4) is 0 Å². The number of carboxylic acid groups (broad SMARTS) is 1. The number of rotatable bonds is 11. The van der Waals surface area contributed by atoms with Crippen molar-refractivity contribution >= 4 is 18.0 Å². The summed E-state index contributed by atoms with van der Waals surface area (Å²) in [7, 11) is 1.85. The average molecular weight is 516 g/mol. The van der Waals surface area contributed by atoms with E-state index in [0.29, 0.717) is 6.54 Å². The lowest BCUT2D eigenvalue weighted by molar-refractivity contribution is -0.145. The minimum atomic E-state index is -1.11. The molecule has 0 saturated heterocycles. The molecule has 0 fully saturated rings. The highest BCUT2D eigenvalue weighted by atomic mass is 16.5. The van der Waals surface area contributed by atoms with Gasteiger partial charge >= 0.3 is 12.1 Å². The number of amides is 2. The largest absolute Gasteiger partial charge is 0.480 e. The van der Waals surface area contributed by atoms with Crippen LogP contribution < -0.4 is 5.32 Å². The summed E-state index contributed by atoms with van der Waals surface area (Å²) in [6, 6.07) is 24.9. The van der Waals surface area contributed by atoms with Gasteiger partial charge < -0.3 is 20.1 Å². The molecule has 8 nitrogen and oxygen atoms in total. The zero-order valence-electron chi connectivity index (χ0n) is 21.7. The van der Waals surface area contributed by atoms with Gasteiger partial charge in [0.2, 0.25) is 5.91 Å². The van der Waals surface area contributed by atoms with Gasteiger partial charge in [0.1, 0.15) is 19.2 Å². The number of hydrogen-bond donors (Lipinski definition) is 2. The fraction of sp³-hybridized carbons (Fsp3) is 0.300. The Bertz CT molecular complexity index is 1230. The van der Waals surface area contributed by atoms with Crippen LogP contribution in [0.25, 0.3) is 11.1 Å². The summed E-state index contributed by atoms with van der Waals surface area (Å²) in [6.45, 7) is 2.33. The Balaban J connectivity index is 1.46. The van der Waals surface area contributed by atoms with Crippen molar-refractivity contribution in [2.75, 3.05) is 33.3 Å². The molecule has 198 valence electrons. The van der Waals surface area contributed by atoms with E-state index >= 15 is 0 Å². The first-order chi connectivity index (χ1) is 18.4. The lowest BCUT2D eigenvalue weighted by Gasteiger charge is -2.29. The molecule has 2 amide bonds. The van der Waals surface area contributed by atoms with E-state index in [1.165, 1.54) is 4.90 Å². The number of benzene rings is 3. The van der Waals surface area contributed by atoms with Crippen LogP contribution in [-0.4, -0.2) is 72.2 Å². The zero-order valence-corrected chi connectivity index (χ0v) is 21.7. The molecule has 1 aliphatic rings. The molecular formula is C30H33N3O5. The maximum absolute atomic E-state index is 13.3. The first-order valence-electron chi connectivity index (χ1n) is 12.7. The number of nitrogens with zero attached hydrogens (tertiary/aromatic N) is 2. The highest BCUT2D eigenvalue weighted by Crippen LogP contribution is 2.44. The number of alkyl carbamates (subject to hydrolysis) is 1. The Labute approximate surface area is 222 Å². The van der Waals surface area contributed by atoms with Gasteiger partial charge in [-0.2, -0.15) is 0 Å². The lowest BCUT2D eigenvalue weighted by atomic mass is 9.98. The maximum Gasteiger partial charge on any atom is 0.407 e. The highest BCUT2D eigenvalue weighted by Gasteiger charge is 2.31. The number of carboxylic acids is 1. The minimum Gasteiger partial charge on any atom is -0.480 e. The number of carbonyl (C=O) groups excluding carboxylic acids is 2. The second-order valence-electron chi connectivity index (χ2n) is 9.45. The molecule has 4 rings (SSSR count). The number of nitrogens with one attached hydrogen (secondary N) is 1. The number of aliphatic carboxylic acids is 1. The topological polar surface area (TPSA) is 99.2 Å². The van der Waals surface area contributed by atoms with Crippen molar-refractivity contribution in [1.82, 2.24) is 15.1 Å². The standard InChI is InChI=1S/C30H33N3O5/c1-3-33(19-28(34)35)29(36)27(18-32(2)17-21-11-5-4-6-12-21)31-30(37)38-20-26-24-15-9-7-13-22(24)23-14-8-10-16-25(23)26/h4-16,26-27H,3,17-20H2,1-2H3,(H,31,37)(H,34,35). The van der Waals surface area contributed by atoms with E-state index in [2.05, 4.69) is 17.4 Å². The van der Waals surface area contributed by atoms with Crippen LogP contribution >= 0.6 is 0 Å². The summed E-state index contributed by atoms with van der Waals surface area (Å²) in [5, 5.41) is 12.0. The lowest BCUT2D eigenvalue weighted by Crippen LogP contribution is -2.54. The van der Waals surface area contributed by atoms with Gasteiger partial charge in [0.05, 0.1) is 0 Å². The SMILES string of the molecule is CCN(CC(=O)O)C(=O)C(CN(C)Cc1ccccc1)NC(=O)OCC1c2ccccc2-c2ccccc21. The molecule has 0 bridgehead atoms. The second-order valence-corrected chi connectivity index (χ2v) is 9.45. The quantitative estimate of drug-likeness (QED) is 0.401. The molecule has 3 aromatic rings. The molecule has 0 heterocycles. The third kappa shape index (κ3) is 6.39. The van der Waals surface area contributed by atoms with Gasteiger partial charge in [-0.1, -0.05) is 78.9 Å². The predicted octanol–water partition coefficient (Wildman–Crippen LogP) is 3.96. The Morgan fingerprint density at radius 1 is 0.921 bits per heavy atom. The zero-order chi connectivity index (χ0) is 27.1. The molecule has 2 N–H and O–H groups in total. The summed E-state index contributed by atoms with van der Waals surface area (Å²) in [4.78, 5) is 40.7. The van der Waals surface area contributed by atoms with Crippen LogP contribution in [0.1, 0.15) is 29.5 Å². The van der Waals surface area contributed by atoms with Crippen molar-refractivity contribution in [1.29, 1.82) is 0 Å². The van der Waals surface area contributed by atoms with Crippen molar-refractivity contribution in [3.05, 3.63) is 95.6 Å². The highest BCUT2D eigenvalue weighted by molar-refractivity contribution is 5.88. The van der Waals surface area contributed by atoms with E-state index in [0.717, 1.165) is 27.8 Å². The second kappa shape index (κ2) is 12.4. The molecule has 0 radical (unpaired) electrons. The van der Waals surface area contributed by atoms with Gasteiger partial charge in [-0.05, 0) is 41.8 Å². The normalized spacial score (nSPS) is 12.9. The molecule has 0 saturated carbocycles. The van der Waals surface area contributed by atoms with Crippen molar-refractivity contribution in [3.8, 4) is 11.1 Å². The summed E-state index contributed by atoms with van der Waals surface area (Å²) < 4.78 is 5.66. The van der Waals surface area contributed by atoms with Gasteiger partial charge in [0.15, 0.2) is 0 Å². The van der Waals surface area contributed by atoms with Gasteiger partial charge in [0, 0.05) is 25.6 Å². The molecule has 0 spiro atoms. The Morgan fingerprint density at radius 2 is 1.50 bits per heavy atom. The Hall–Kier alpha value is -4.17. The van der Waals surface area contributed by atoms with Crippen molar-refractivity contribution < 1.29 is 24.2 Å². The number of carbonyl (C=O) groups is 3. The monoisotopic (exact) mass is 515 g/mol. The summed E-state index contributed by atoms with van der Waals surface area (Å²) in [6.07, 6.45) is -0.718. The number of ether oxygens (including phenoxy) is 1. The van der Waals surface area contributed by atoms with E-state index in [4.69, 9.17) is 4.74 Å². The van der Waals surface area contributed by atoms with E-state index in [-0.39, 0.29) is 25.6 Å². The third-order valence-electron chi connectivity index (χ3n) is 6.74. The fourth-order valence-electron chi connectivity index (χ4n) is 4.97. The summed E-state index contributed by atoms with van der Waals surface area (Å²) in [5.41, 5.74) is 5.49. The van der Waals surface area contributed by atoms with E-state index in [1.807, 2.05) is 78.7 Å². The Kier molecular flexibility index (Phi) is 8.76. The minimum absolute atomic E-state index is 0.109. The first kappa shape index (κ1) is 26.9. The molecule has 0 aliphatic heterocycles. The maximum atomic E-state index is 13.3. The van der Waals surface area contributed by atoms with Crippen LogP contribution in [0.5, 0.6) is 0 Å². The number of hydrogen-bond acceptors (Lipinski definition) is 5. The van der Waals surface area contributed by atoms with Crippen LogP contribution in [0, 0.1) is 0 Å². The van der Waals surface area contributed by atoms with Crippen molar-refractivity contribution in [2.45, 2.75) is 25.4 Å². The van der Waals surface area contributed by atoms with Gasteiger partial charge in [0.25, 0.3) is 0 Å². The van der Waals surface area contributed by atoms with Gasteiger partial charge in [-0.3, -0.25) is 14.5 Å². The molecule has 0 aromatic heterocycles. The average Bonchev–Trinajstić information content (AvgIpc) is 3.24. The van der Waals surface area contributed by atoms with Gasteiger partial charge in [-0.25, -0.2) is 4.79 Å². The first-order valence-corrected chi connectivity index (χ1v) is 12.7. The molecular weight excluding hydrogens is 482 g/mol. The summed E-state index contributed by atoms with van der Waals surface area (Å²) in [5.74, 6) is -1.69. The number of likely N-dealkylation sites (N-methyl/N-ethyl adjacent to an activating group) is 2. The summed E-state index contributed by atoms with van der Waals surface area (Å²) >= 11 is 0. The van der Waals surface area contributed by atoms with E-state index in [9.17, 15) is 19.5 Å².